The SMILES string of the molecule is CC1COc2c(N3CCN(C(=CC(=O)O)C(=O)O)CC3)c(F)cc3c(=O)c(C(=O)O)cn1c23. The summed E-state index contributed by atoms with van der Waals surface area (Å²) in [6.07, 6.45) is 1.85. The van der Waals surface area contributed by atoms with Gasteiger partial charge in [0, 0.05) is 32.4 Å². The number of rotatable bonds is 5. The highest BCUT2D eigenvalue weighted by Crippen LogP contribution is 2.42. The average Bonchev–Trinajstić information content (AvgIpc) is 2.75. The third-order valence-electron chi connectivity index (χ3n) is 5.79. The second-order valence-corrected chi connectivity index (χ2v) is 7.82. The highest BCUT2D eigenvalue weighted by Gasteiger charge is 2.32. The molecular weight excluding hydrogens is 441 g/mol. The Balaban J connectivity index is 1.77. The predicted molar refractivity (Wildman–Crippen MR) is 112 cm³/mol. The van der Waals surface area contributed by atoms with Crippen molar-refractivity contribution in [2.24, 2.45) is 0 Å². The summed E-state index contributed by atoms with van der Waals surface area (Å²) in [6, 6.07) is 0.702. The molecule has 3 heterocycles. The van der Waals surface area contributed by atoms with Gasteiger partial charge in [0.25, 0.3) is 0 Å². The first-order valence-corrected chi connectivity index (χ1v) is 10.1. The molecule has 1 aromatic heterocycles. The van der Waals surface area contributed by atoms with E-state index < -0.39 is 34.7 Å². The Bertz CT molecular complexity index is 1280. The average molecular weight is 461 g/mol. The number of carboxylic acids is 3. The van der Waals surface area contributed by atoms with E-state index in [-0.39, 0.29) is 61.3 Å². The van der Waals surface area contributed by atoms with Crippen LogP contribution < -0.4 is 15.1 Å². The van der Waals surface area contributed by atoms with E-state index in [0.717, 1.165) is 6.07 Å². The van der Waals surface area contributed by atoms with Gasteiger partial charge in [-0.25, -0.2) is 18.8 Å². The minimum absolute atomic E-state index is 0.0874. The molecule has 1 saturated heterocycles. The van der Waals surface area contributed by atoms with Crippen LogP contribution in [0, 0.1) is 5.82 Å². The van der Waals surface area contributed by atoms with Crippen LogP contribution in [0.15, 0.2) is 28.8 Å². The number of ether oxygens (including phenoxy) is 1. The summed E-state index contributed by atoms with van der Waals surface area (Å²) in [5, 5.41) is 27.5. The molecule has 174 valence electrons. The lowest BCUT2D eigenvalue weighted by molar-refractivity contribution is -0.136. The van der Waals surface area contributed by atoms with Gasteiger partial charge in [-0.3, -0.25) is 4.79 Å². The zero-order valence-corrected chi connectivity index (χ0v) is 17.4. The van der Waals surface area contributed by atoms with Crippen molar-refractivity contribution in [2.75, 3.05) is 37.7 Å². The third-order valence-corrected chi connectivity index (χ3v) is 5.79. The van der Waals surface area contributed by atoms with Gasteiger partial charge in [0.1, 0.15) is 23.6 Å². The molecule has 12 heteroatoms. The van der Waals surface area contributed by atoms with Crippen LogP contribution in [0.3, 0.4) is 0 Å². The molecule has 0 aliphatic carbocycles. The molecule has 1 atom stereocenters. The number of piperazine rings is 1. The first-order chi connectivity index (χ1) is 15.6. The molecule has 0 amide bonds. The Morgan fingerprint density at radius 2 is 1.82 bits per heavy atom. The van der Waals surface area contributed by atoms with Gasteiger partial charge in [-0.1, -0.05) is 0 Å². The number of nitrogens with zero attached hydrogens (tertiary/aromatic N) is 3. The van der Waals surface area contributed by atoms with E-state index >= 15 is 4.39 Å². The number of aliphatic carboxylic acids is 2. The Morgan fingerprint density at radius 3 is 2.39 bits per heavy atom. The molecule has 33 heavy (non-hydrogen) atoms. The van der Waals surface area contributed by atoms with Crippen LogP contribution in [0.5, 0.6) is 5.75 Å². The number of benzene rings is 1. The fourth-order valence-corrected chi connectivity index (χ4v) is 4.23. The van der Waals surface area contributed by atoms with Crippen LogP contribution >= 0.6 is 0 Å². The molecule has 2 aromatic rings. The first kappa shape index (κ1) is 22.1. The summed E-state index contributed by atoms with van der Waals surface area (Å²) in [5.74, 6) is -4.83. The summed E-state index contributed by atoms with van der Waals surface area (Å²) in [4.78, 5) is 49.6. The van der Waals surface area contributed by atoms with Gasteiger partial charge < -0.3 is 34.4 Å². The normalized spacial score (nSPS) is 18.2. The number of hydrogen-bond acceptors (Lipinski definition) is 7. The van der Waals surface area contributed by atoms with Crippen LogP contribution in [0.2, 0.25) is 0 Å². The zero-order valence-electron chi connectivity index (χ0n) is 17.4. The van der Waals surface area contributed by atoms with Crippen molar-refractivity contribution in [2.45, 2.75) is 13.0 Å². The Hall–Kier alpha value is -4.09. The molecule has 0 saturated carbocycles. The van der Waals surface area contributed by atoms with Gasteiger partial charge in [0.2, 0.25) is 5.43 Å². The number of halogens is 1. The van der Waals surface area contributed by atoms with Crippen molar-refractivity contribution >= 4 is 34.5 Å². The van der Waals surface area contributed by atoms with Crippen molar-refractivity contribution in [3.8, 4) is 5.75 Å². The van der Waals surface area contributed by atoms with E-state index in [1.165, 1.54) is 11.1 Å². The minimum atomic E-state index is -1.41. The molecule has 3 N–H and O–H groups in total. The summed E-state index contributed by atoms with van der Waals surface area (Å²) < 4.78 is 22.7. The largest absolute Gasteiger partial charge is 0.487 e. The van der Waals surface area contributed by atoms with E-state index in [2.05, 4.69) is 0 Å². The second-order valence-electron chi connectivity index (χ2n) is 7.82. The molecule has 2 aliphatic rings. The van der Waals surface area contributed by atoms with E-state index in [0.29, 0.717) is 11.6 Å². The Morgan fingerprint density at radius 1 is 1.15 bits per heavy atom. The van der Waals surface area contributed by atoms with Crippen molar-refractivity contribution < 1.29 is 38.8 Å². The molecule has 1 unspecified atom stereocenters. The fraction of sp³-hybridized carbons (Fsp3) is 0.333. The topological polar surface area (TPSA) is 150 Å². The third kappa shape index (κ3) is 3.73. The van der Waals surface area contributed by atoms with Crippen molar-refractivity contribution in [1.29, 1.82) is 0 Å². The van der Waals surface area contributed by atoms with E-state index in [4.69, 9.17) is 9.84 Å². The van der Waals surface area contributed by atoms with Crippen LogP contribution in [0.25, 0.3) is 10.9 Å². The number of hydrogen-bond donors (Lipinski definition) is 3. The monoisotopic (exact) mass is 461 g/mol. The molecular formula is C21H20FN3O8. The smallest absolute Gasteiger partial charge is 0.352 e. The molecule has 1 aromatic carbocycles. The summed E-state index contributed by atoms with van der Waals surface area (Å²) in [6.45, 7) is 2.46. The van der Waals surface area contributed by atoms with Crippen LogP contribution in [0.1, 0.15) is 23.3 Å². The maximum Gasteiger partial charge on any atom is 0.352 e. The van der Waals surface area contributed by atoms with Crippen molar-refractivity contribution in [3.05, 3.63) is 45.6 Å². The number of anilines is 1. The summed E-state index contributed by atoms with van der Waals surface area (Å²) in [7, 11) is 0. The number of aromatic carboxylic acids is 1. The highest BCUT2D eigenvalue weighted by molar-refractivity contribution is 5.97. The quantitative estimate of drug-likeness (QED) is 0.550. The number of aromatic nitrogens is 1. The molecule has 0 bridgehead atoms. The van der Waals surface area contributed by atoms with Gasteiger partial charge in [0.15, 0.2) is 11.6 Å². The van der Waals surface area contributed by atoms with E-state index in [1.807, 2.05) is 0 Å². The molecule has 11 nitrogen and oxygen atoms in total. The molecule has 1 fully saturated rings. The summed E-state index contributed by atoms with van der Waals surface area (Å²) >= 11 is 0. The fourth-order valence-electron chi connectivity index (χ4n) is 4.23. The Labute approximate surface area is 185 Å². The van der Waals surface area contributed by atoms with Gasteiger partial charge in [-0.15, -0.1) is 0 Å². The van der Waals surface area contributed by atoms with Gasteiger partial charge >= 0.3 is 17.9 Å². The van der Waals surface area contributed by atoms with Gasteiger partial charge in [0.05, 0.1) is 23.0 Å². The maximum atomic E-state index is 15.3. The molecule has 2 aliphatic heterocycles. The van der Waals surface area contributed by atoms with Gasteiger partial charge in [-0.2, -0.15) is 0 Å². The molecule has 4 rings (SSSR count). The van der Waals surface area contributed by atoms with E-state index in [1.54, 1.807) is 16.4 Å². The number of carboxylic acid groups (broad SMARTS) is 3. The van der Waals surface area contributed by atoms with Gasteiger partial charge in [-0.05, 0) is 13.0 Å². The van der Waals surface area contributed by atoms with Crippen LogP contribution in [0.4, 0.5) is 10.1 Å². The molecule has 0 radical (unpaired) electrons. The lowest BCUT2D eigenvalue weighted by Gasteiger charge is -2.39. The second kappa shape index (κ2) is 8.11. The first-order valence-electron chi connectivity index (χ1n) is 10.1. The zero-order chi connectivity index (χ0) is 24.0. The lowest BCUT2D eigenvalue weighted by Crippen LogP contribution is -2.47. The number of carbonyl (C=O) groups is 3. The molecule has 0 spiro atoms. The van der Waals surface area contributed by atoms with Crippen LogP contribution in [-0.4, -0.2) is 75.5 Å². The van der Waals surface area contributed by atoms with Crippen molar-refractivity contribution in [1.82, 2.24) is 9.47 Å². The lowest BCUT2D eigenvalue weighted by atomic mass is 10.1. The van der Waals surface area contributed by atoms with Crippen LogP contribution in [-0.2, 0) is 9.59 Å². The van der Waals surface area contributed by atoms with Crippen molar-refractivity contribution in [3.63, 3.8) is 0 Å². The number of pyridine rings is 1. The predicted octanol–water partition coefficient (Wildman–Crippen LogP) is 0.967. The van der Waals surface area contributed by atoms with E-state index in [9.17, 15) is 29.4 Å². The minimum Gasteiger partial charge on any atom is -0.487 e. The highest BCUT2D eigenvalue weighted by atomic mass is 19.1. The summed E-state index contributed by atoms with van der Waals surface area (Å²) in [5.41, 5.74) is -1.27. The maximum absolute atomic E-state index is 15.3. The Kier molecular flexibility index (Phi) is 5.44. The standard InChI is InChI=1S/C21H20FN3O8/c1-10-9-33-19-16-11(18(28)12(20(29)30)8-25(10)16)6-13(22)17(19)24-4-2-23(3-5-24)14(21(31)32)7-15(26)27/h6-8,10H,2-5,9H2,1H3,(H,26,27)(H,29,30)(H,31,32).